The van der Waals surface area contributed by atoms with Crippen LogP contribution in [0.15, 0.2) is 32.1 Å². The molecule has 7 nitrogen and oxygen atoms in total. The number of esters is 1. The fourth-order valence-corrected chi connectivity index (χ4v) is 3.72. The summed E-state index contributed by atoms with van der Waals surface area (Å²) < 4.78 is 37.3. The van der Waals surface area contributed by atoms with Gasteiger partial charge in [0, 0.05) is 10.7 Å². The van der Waals surface area contributed by atoms with Crippen LogP contribution in [-0.2, 0) is 21.3 Å². The molecule has 2 rings (SSSR count). The number of hydrogen-bond donors (Lipinski definition) is 1. The van der Waals surface area contributed by atoms with E-state index in [4.69, 9.17) is 16.0 Å². The average Bonchev–Trinajstić information content (AvgIpc) is 2.88. The van der Waals surface area contributed by atoms with Gasteiger partial charge in [-0.15, -0.1) is 0 Å². The van der Waals surface area contributed by atoms with E-state index in [0.717, 1.165) is 0 Å². The number of aryl methyl sites for hydroxylation is 1. The van der Waals surface area contributed by atoms with Crippen LogP contribution in [0.1, 0.15) is 21.9 Å². The van der Waals surface area contributed by atoms with Crippen molar-refractivity contribution in [2.24, 2.45) is 0 Å². The molecule has 2 aromatic heterocycles. The normalized spacial score (nSPS) is 11.5. The number of carbonyl (C=O) groups is 1. The lowest BCUT2D eigenvalue weighted by molar-refractivity contribution is 0.0599. The molecule has 0 bridgehead atoms. The maximum atomic E-state index is 12.3. The summed E-state index contributed by atoms with van der Waals surface area (Å²) in [6, 6.07) is 2.76. The predicted octanol–water partition coefficient (Wildman–Crippen LogP) is 2.66. The molecule has 0 radical (unpaired) electrons. The third kappa shape index (κ3) is 4.11. The molecule has 0 saturated heterocycles. The summed E-state index contributed by atoms with van der Waals surface area (Å²) in [7, 11) is -2.64. The van der Waals surface area contributed by atoms with Crippen molar-refractivity contribution in [1.29, 1.82) is 0 Å². The maximum Gasteiger partial charge on any atom is 0.341 e. The Kier molecular flexibility index (Phi) is 5.45. The summed E-state index contributed by atoms with van der Waals surface area (Å²) in [6.45, 7) is 1.43. The summed E-state index contributed by atoms with van der Waals surface area (Å²) in [6.07, 6.45) is 1.39. The number of halogens is 2. The second-order valence-electron chi connectivity index (χ2n) is 4.44. The van der Waals surface area contributed by atoms with E-state index in [1.54, 1.807) is 6.92 Å². The molecule has 0 aliphatic rings. The highest BCUT2D eigenvalue weighted by Crippen LogP contribution is 2.23. The monoisotopic (exact) mass is 422 g/mol. The first kappa shape index (κ1) is 17.9. The smallest absolute Gasteiger partial charge is 0.341 e. The standard InChI is InChI=1S/C13H12BrClN2O5S/c1-7-10(13(18)21-2)4-9(22-7)6-17-23(19,20)11-3-8(14)5-16-12(11)15/h3-5,17H,6H2,1-2H3. The number of methoxy groups -OCH3 is 1. The number of furan rings is 1. The van der Waals surface area contributed by atoms with Crippen LogP contribution in [-0.4, -0.2) is 26.5 Å². The van der Waals surface area contributed by atoms with E-state index in [9.17, 15) is 13.2 Å². The Morgan fingerprint density at radius 2 is 2.17 bits per heavy atom. The number of rotatable bonds is 5. The zero-order chi connectivity index (χ0) is 17.2. The summed E-state index contributed by atoms with van der Waals surface area (Å²) in [5.74, 6) is 0.0540. The first-order valence-electron chi connectivity index (χ1n) is 6.23. The average molecular weight is 424 g/mol. The van der Waals surface area contributed by atoms with Crippen LogP contribution >= 0.6 is 27.5 Å². The number of ether oxygens (including phenoxy) is 1. The van der Waals surface area contributed by atoms with Gasteiger partial charge in [-0.2, -0.15) is 0 Å². The maximum absolute atomic E-state index is 12.3. The summed E-state index contributed by atoms with van der Waals surface area (Å²) in [4.78, 5) is 15.1. The van der Waals surface area contributed by atoms with Gasteiger partial charge in [-0.1, -0.05) is 11.6 Å². The molecule has 2 heterocycles. The van der Waals surface area contributed by atoms with Gasteiger partial charge in [-0.25, -0.2) is 22.9 Å². The highest BCUT2D eigenvalue weighted by Gasteiger charge is 2.21. The molecule has 0 aliphatic carbocycles. The number of nitrogens with zero attached hydrogens (tertiary/aromatic N) is 1. The highest BCUT2D eigenvalue weighted by molar-refractivity contribution is 9.10. The van der Waals surface area contributed by atoms with E-state index in [1.807, 2.05) is 0 Å². The van der Waals surface area contributed by atoms with E-state index >= 15 is 0 Å². The van der Waals surface area contributed by atoms with Gasteiger partial charge in [0.25, 0.3) is 0 Å². The second kappa shape index (κ2) is 7.00. The zero-order valence-corrected chi connectivity index (χ0v) is 15.3. The molecule has 0 unspecified atom stereocenters. The number of hydrogen-bond acceptors (Lipinski definition) is 6. The molecule has 2 aromatic rings. The number of pyridine rings is 1. The minimum absolute atomic E-state index is 0.147. The van der Waals surface area contributed by atoms with E-state index in [2.05, 4.69) is 30.4 Å². The molecule has 0 aliphatic heterocycles. The van der Waals surface area contributed by atoms with Crippen molar-refractivity contribution in [1.82, 2.24) is 9.71 Å². The van der Waals surface area contributed by atoms with Crippen LogP contribution in [0.2, 0.25) is 5.15 Å². The number of carbonyl (C=O) groups excluding carboxylic acids is 1. The van der Waals surface area contributed by atoms with Crippen molar-refractivity contribution in [2.75, 3.05) is 7.11 Å². The van der Waals surface area contributed by atoms with Gasteiger partial charge in [0.1, 0.15) is 27.1 Å². The Labute approximate surface area is 146 Å². The van der Waals surface area contributed by atoms with Crippen LogP contribution in [0.5, 0.6) is 0 Å². The Bertz CT molecular complexity index is 850. The molecule has 0 fully saturated rings. The Hall–Kier alpha value is -1.42. The van der Waals surface area contributed by atoms with E-state index in [-0.39, 0.29) is 27.9 Å². The third-order valence-electron chi connectivity index (χ3n) is 2.87. The topological polar surface area (TPSA) is 98.5 Å². The van der Waals surface area contributed by atoms with Crippen molar-refractivity contribution >= 4 is 43.5 Å². The quantitative estimate of drug-likeness (QED) is 0.586. The lowest BCUT2D eigenvalue weighted by atomic mass is 10.2. The molecule has 0 aromatic carbocycles. The van der Waals surface area contributed by atoms with Gasteiger partial charge >= 0.3 is 5.97 Å². The summed E-state index contributed by atoms with van der Waals surface area (Å²) in [5.41, 5.74) is 0.240. The Morgan fingerprint density at radius 1 is 1.48 bits per heavy atom. The Balaban J connectivity index is 2.20. The number of aromatic nitrogens is 1. The minimum Gasteiger partial charge on any atom is -0.465 e. The number of nitrogens with one attached hydrogen (secondary N) is 1. The summed E-state index contributed by atoms with van der Waals surface area (Å²) >= 11 is 8.95. The fraction of sp³-hybridized carbons (Fsp3) is 0.231. The first-order valence-corrected chi connectivity index (χ1v) is 8.88. The summed E-state index contributed by atoms with van der Waals surface area (Å²) in [5, 5.41) is -0.147. The van der Waals surface area contributed by atoms with Crippen molar-refractivity contribution in [3.63, 3.8) is 0 Å². The first-order chi connectivity index (χ1) is 10.7. The predicted molar refractivity (Wildman–Crippen MR) is 85.8 cm³/mol. The van der Waals surface area contributed by atoms with Crippen LogP contribution in [0, 0.1) is 6.92 Å². The van der Waals surface area contributed by atoms with Gasteiger partial charge in [0.2, 0.25) is 10.0 Å². The molecule has 0 saturated carbocycles. The molecule has 1 N–H and O–H groups in total. The lowest BCUT2D eigenvalue weighted by Crippen LogP contribution is -2.23. The fourth-order valence-electron chi connectivity index (χ4n) is 1.78. The largest absolute Gasteiger partial charge is 0.465 e. The molecular weight excluding hydrogens is 412 g/mol. The molecular formula is C13H12BrClN2O5S. The van der Waals surface area contributed by atoms with Crippen LogP contribution in [0.3, 0.4) is 0 Å². The van der Waals surface area contributed by atoms with Crippen LogP contribution in [0.25, 0.3) is 0 Å². The molecule has 0 amide bonds. The molecule has 10 heteroatoms. The van der Waals surface area contributed by atoms with E-state index < -0.39 is 16.0 Å². The Morgan fingerprint density at radius 3 is 2.83 bits per heavy atom. The van der Waals surface area contributed by atoms with Gasteiger partial charge in [0.05, 0.1) is 13.7 Å². The van der Waals surface area contributed by atoms with Crippen molar-refractivity contribution < 1.29 is 22.4 Å². The third-order valence-corrected chi connectivity index (χ3v) is 5.14. The van der Waals surface area contributed by atoms with Gasteiger partial charge in [0.15, 0.2) is 0 Å². The second-order valence-corrected chi connectivity index (χ2v) is 7.45. The van der Waals surface area contributed by atoms with Crippen molar-refractivity contribution in [2.45, 2.75) is 18.4 Å². The van der Waals surface area contributed by atoms with Crippen LogP contribution in [0.4, 0.5) is 0 Å². The molecule has 0 atom stereocenters. The van der Waals surface area contributed by atoms with Crippen molar-refractivity contribution in [3.8, 4) is 0 Å². The number of sulfonamides is 1. The highest BCUT2D eigenvalue weighted by atomic mass is 79.9. The van der Waals surface area contributed by atoms with E-state index in [0.29, 0.717) is 10.2 Å². The zero-order valence-electron chi connectivity index (χ0n) is 12.1. The molecule has 124 valence electrons. The minimum atomic E-state index is -3.89. The van der Waals surface area contributed by atoms with E-state index in [1.165, 1.54) is 25.4 Å². The van der Waals surface area contributed by atoms with Gasteiger partial charge in [-0.3, -0.25) is 0 Å². The lowest BCUT2D eigenvalue weighted by Gasteiger charge is -2.07. The SMILES string of the molecule is COC(=O)c1cc(CNS(=O)(=O)c2cc(Br)cnc2Cl)oc1C. The molecule has 23 heavy (non-hydrogen) atoms. The van der Waals surface area contributed by atoms with Gasteiger partial charge in [-0.05, 0) is 35.0 Å². The molecule has 0 spiro atoms. The van der Waals surface area contributed by atoms with Gasteiger partial charge < -0.3 is 9.15 Å². The van der Waals surface area contributed by atoms with Crippen molar-refractivity contribution in [3.05, 3.63) is 45.0 Å². The van der Waals surface area contributed by atoms with Crippen LogP contribution < -0.4 is 4.72 Å².